The lowest BCUT2D eigenvalue weighted by Crippen LogP contribution is -2.37. The summed E-state index contributed by atoms with van der Waals surface area (Å²) >= 11 is 0. The third-order valence-electron chi connectivity index (χ3n) is 8.17. The number of carbonyl (C=O) groups excluding carboxylic acids is 2. The van der Waals surface area contributed by atoms with Crippen LogP contribution in [0.2, 0.25) is 0 Å². The fraction of sp³-hybridized carbons (Fsp3) is 0.419. The van der Waals surface area contributed by atoms with Crippen LogP contribution in [0.25, 0.3) is 0 Å². The van der Waals surface area contributed by atoms with Gasteiger partial charge in [0.15, 0.2) is 17.3 Å². The number of esters is 1. The van der Waals surface area contributed by atoms with E-state index in [9.17, 15) is 19.7 Å². The second-order valence-corrected chi connectivity index (χ2v) is 10.6. The van der Waals surface area contributed by atoms with Crippen molar-refractivity contribution in [3.8, 4) is 11.5 Å². The highest BCUT2D eigenvalue weighted by molar-refractivity contribution is 6.04. The summed E-state index contributed by atoms with van der Waals surface area (Å²) in [5.41, 5.74) is 3.49. The molecule has 5 rings (SSSR count). The van der Waals surface area contributed by atoms with Gasteiger partial charge in [0.1, 0.15) is 6.10 Å². The normalized spacial score (nSPS) is 21.4. The molecule has 2 aromatic carbocycles. The number of nitrogens with zero attached hydrogens (tertiary/aromatic N) is 1. The van der Waals surface area contributed by atoms with Crippen LogP contribution < -0.4 is 14.8 Å². The predicted octanol–water partition coefficient (Wildman–Crippen LogP) is 5.85. The van der Waals surface area contributed by atoms with E-state index in [2.05, 4.69) is 5.32 Å². The van der Waals surface area contributed by atoms with Crippen molar-refractivity contribution in [2.75, 3.05) is 14.2 Å². The van der Waals surface area contributed by atoms with Gasteiger partial charge in [0, 0.05) is 41.4 Å². The Bertz CT molecular complexity index is 1400. The number of hydrogen-bond donors (Lipinski definition) is 1. The number of carbonyl (C=O) groups is 2. The van der Waals surface area contributed by atoms with E-state index in [-0.39, 0.29) is 29.9 Å². The Labute approximate surface area is 233 Å². The molecular weight excluding hydrogens is 512 g/mol. The Morgan fingerprint density at radius 2 is 1.73 bits per heavy atom. The molecule has 40 heavy (non-hydrogen) atoms. The Balaban J connectivity index is 1.54. The van der Waals surface area contributed by atoms with Gasteiger partial charge in [-0.2, -0.15) is 0 Å². The number of Topliss-reactive ketones (excluding diaryl/α,β-unsaturated/α-hetero) is 1. The molecule has 9 nitrogen and oxygen atoms in total. The highest BCUT2D eigenvalue weighted by atomic mass is 16.6. The molecule has 1 saturated carbocycles. The lowest BCUT2D eigenvalue weighted by Gasteiger charge is -2.37. The second kappa shape index (κ2) is 11.5. The number of dihydropyridines is 1. The summed E-state index contributed by atoms with van der Waals surface area (Å²) < 4.78 is 16.8. The molecule has 3 aliphatic rings. The largest absolute Gasteiger partial charge is 0.493 e. The van der Waals surface area contributed by atoms with Crippen molar-refractivity contribution in [2.45, 2.75) is 69.8 Å². The van der Waals surface area contributed by atoms with Gasteiger partial charge in [-0.05, 0) is 68.2 Å². The van der Waals surface area contributed by atoms with E-state index in [1.54, 1.807) is 33.3 Å². The van der Waals surface area contributed by atoms with Crippen LogP contribution in [0.4, 0.5) is 5.69 Å². The fourth-order valence-corrected chi connectivity index (χ4v) is 6.20. The van der Waals surface area contributed by atoms with Gasteiger partial charge in [0.2, 0.25) is 0 Å². The van der Waals surface area contributed by atoms with E-state index in [4.69, 9.17) is 14.2 Å². The van der Waals surface area contributed by atoms with Gasteiger partial charge in [0.05, 0.1) is 24.7 Å². The van der Waals surface area contributed by atoms with E-state index in [1.807, 2.05) is 18.2 Å². The van der Waals surface area contributed by atoms with Gasteiger partial charge in [0.25, 0.3) is 5.69 Å². The summed E-state index contributed by atoms with van der Waals surface area (Å²) in [6, 6.07) is 11.8. The molecule has 1 heterocycles. The van der Waals surface area contributed by atoms with Gasteiger partial charge in [-0.1, -0.05) is 24.6 Å². The van der Waals surface area contributed by atoms with E-state index in [0.717, 1.165) is 43.4 Å². The van der Waals surface area contributed by atoms with E-state index < -0.39 is 16.8 Å². The quantitative estimate of drug-likeness (QED) is 0.261. The van der Waals surface area contributed by atoms with Crippen LogP contribution in [0.3, 0.4) is 0 Å². The van der Waals surface area contributed by atoms with Crippen LogP contribution in [0.1, 0.15) is 74.8 Å². The van der Waals surface area contributed by atoms with Crippen molar-refractivity contribution in [2.24, 2.45) is 0 Å². The molecule has 0 spiro atoms. The first-order chi connectivity index (χ1) is 19.3. The minimum Gasteiger partial charge on any atom is -0.493 e. The van der Waals surface area contributed by atoms with Crippen molar-refractivity contribution in [1.82, 2.24) is 5.32 Å². The van der Waals surface area contributed by atoms with Gasteiger partial charge in [-0.3, -0.25) is 14.9 Å². The smallest absolute Gasteiger partial charge is 0.337 e. The van der Waals surface area contributed by atoms with E-state index in [1.165, 1.54) is 12.1 Å². The first-order valence-corrected chi connectivity index (χ1v) is 13.7. The van der Waals surface area contributed by atoms with Crippen LogP contribution in [0.15, 0.2) is 65.0 Å². The molecule has 1 N–H and O–H groups in total. The summed E-state index contributed by atoms with van der Waals surface area (Å²) in [7, 11) is 3.15. The van der Waals surface area contributed by atoms with Crippen LogP contribution in [0, 0.1) is 10.1 Å². The lowest BCUT2D eigenvalue weighted by molar-refractivity contribution is -0.384. The number of nitro benzene ring substituents is 1. The minimum absolute atomic E-state index is 0.0951. The number of benzene rings is 2. The molecule has 0 amide bonds. The molecule has 0 unspecified atom stereocenters. The lowest BCUT2D eigenvalue weighted by atomic mass is 9.71. The monoisotopic (exact) mass is 546 g/mol. The number of non-ortho nitro benzene ring substituents is 1. The molecule has 9 heteroatoms. The Morgan fingerprint density at radius 3 is 2.42 bits per heavy atom. The molecule has 0 aromatic heterocycles. The van der Waals surface area contributed by atoms with E-state index in [0.29, 0.717) is 40.3 Å². The molecule has 1 aliphatic heterocycles. The SMILES string of the molecule is COc1ccc([C@H]2CC(=O)C3=C(C2)NC(C)=C(C(=O)OC2CCCCC2)[C@@H]3c2cccc([N+](=O)[O-])c2)cc1OC. The fourth-order valence-electron chi connectivity index (χ4n) is 6.20. The maximum absolute atomic E-state index is 13.9. The number of rotatable bonds is 7. The average Bonchev–Trinajstić information content (AvgIpc) is 2.96. The second-order valence-electron chi connectivity index (χ2n) is 10.6. The third kappa shape index (κ3) is 5.33. The molecule has 2 aliphatic carbocycles. The maximum Gasteiger partial charge on any atom is 0.337 e. The Kier molecular flexibility index (Phi) is 7.91. The first-order valence-electron chi connectivity index (χ1n) is 13.7. The number of methoxy groups -OCH3 is 2. The topological polar surface area (TPSA) is 117 Å². The highest BCUT2D eigenvalue weighted by Gasteiger charge is 2.42. The zero-order chi connectivity index (χ0) is 28.4. The van der Waals surface area contributed by atoms with Crippen LogP contribution >= 0.6 is 0 Å². The molecule has 210 valence electrons. The molecule has 2 aromatic rings. The summed E-state index contributed by atoms with van der Waals surface area (Å²) in [5.74, 6) is -0.272. The van der Waals surface area contributed by atoms with Gasteiger partial charge >= 0.3 is 5.97 Å². The zero-order valence-corrected chi connectivity index (χ0v) is 23.0. The molecule has 1 fully saturated rings. The Hall–Kier alpha value is -4.14. The number of hydrogen-bond acceptors (Lipinski definition) is 8. The van der Waals surface area contributed by atoms with Crippen molar-refractivity contribution >= 4 is 17.4 Å². The summed E-state index contributed by atoms with van der Waals surface area (Å²) in [5, 5.41) is 15.0. The van der Waals surface area contributed by atoms with Gasteiger partial charge < -0.3 is 19.5 Å². The van der Waals surface area contributed by atoms with E-state index >= 15 is 0 Å². The summed E-state index contributed by atoms with van der Waals surface area (Å²) in [6.07, 6.45) is 5.36. The average molecular weight is 547 g/mol. The van der Waals surface area contributed by atoms with Crippen LogP contribution in [0.5, 0.6) is 11.5 Å². The summed E-state index contributed by atoms with van der Waals surface area (Å²) in [6.45, 7) is 1.80. The number of allylic oxidation sites excluding steroid dienone is 3. The predicted molar refractivity (Wildman–Crippen MR) is 148 cm³/mol. The molecular formula is C31H34N2O7. The number of nitro groups is 1. The van der Waals surface area contributed by atoms with Crippen molar-refractivity contribution in [1.29, 1.82) is 0 Å². The first kappa shape index (κ1) is 27.4. The number of nitrogens with one attached hydrogen (secondary N) is 1. The molecule has 0 saturated heterocycles. The van der Waals surface area contributed by atoms with Gasteiger partial charge in [-0.15, -0.1) is 0 Å². The Morgan fingerprint density at radius 1 is 0.975 bits per heavy atom. The van der Waals surface area contributed by atoms with Gasteiger partial charge in [-0.25, -0.2) is 4.79 Å². The zero-order valence-electron chi connectivity index (χ0n) is 23.0. The summed E-state index contributed by atoms with van der Waals surface area (Å²) in [4.78, 5) is 38.7. The highest BCUT2D eigenvalue weighted by Crippen LogP contribution is 2.47. The van der Waals surface area contributed by atoms with Crippen LogP contribution in [-0.4, -0.2) is 37.0 Å². The van der Waals surface area contributed by atoms with Crippen molar-refractivity contribution in [3.63, 3.8) is 0 Å². The van der Waals surface area contributed by atoms with Crippen molar-refractivity contribution in [3.05, 3.63) is 86.2 Å². The maximum atomic E-state index is 13.9. The van der Waals surface area contributed by atoms with Crippen LogP contribution in [-0.2, 0) is 14.3 Å². The number of ketones is 1. The molecule has 0 radical (unpaired) electrons. The molecule has 2 atom stereocenters. The minimum atomic E-state index is -0.758. The third-order valence-corrected chi connectivity index (χ3v) is 8.17. The number of ether oxygens (including phenoxy) is 3. The molecule has 0 bridgehead atoms. The standard InChI is InChI=1S/C31H34N2O7/c1-18-28(31(35)40-23-10-5-4-6-11-23)29(20-8-7-9-22(14-20)33(36)37)30-24(32-18)15-21(16-25(30)34)19-12-13-26(38-2)27(17-19)39-3/h7-9,12-14,17,21,23,29,32H,4-6,10-11,15-16H2,1-3H3/t21-,29+/m1/s1. The van der Waals surface area contributed by atoms with Crippen molar-refractivity contribution < 1.29 is 28.7 Å².